The van der Waals surface area contributed by atoms with Crippen LogP contribution >= 0.6 is 0 Å². The fraction of sp³-hybridized carbons (Fsp3) is 0.833. The van der Waals surface area contributed by atoms with E-state index in [1.54, 1.807) is 0 Å². The van der Waals surface area contributed by atoms with E-state index in [9.17, 15) is 0 Å². The van der Waals surface area contributed by atoms with E-state index in [1.807, 2.05) is 6.92 Å². The van der Waals surface area contributed by atoms with Gasteiger partial charge in [-0.15, -0.1) is 0 Å². The lowest BCUT2D eigenvalue weighted by Gasteiger charge is -2.37. The Balaban J connectivity index is 2.05. The van der Waals surface area contributed by atoms with Crippen LogP contribution in [0.5, 0.6) is 0 Å². The number of ether oxygens (including phenoxy) is 1. The van der Waals surface area contributed by atoms with Gasteiger partial charge in [-0.25, -0.2) is 0 Å². The fourth-order valence-corrected chi connectivity index (χ4v) is 1.24. The Labute approximate surface area is 54.1 Å². The number of rotatable bonds is 0. The second-order valence-electron chi connectivity index (χ2n) is 2.80. The summed E-state index contributed by atoms with van der Waals surface area (Å²) >= 11 is 0. The SMILES string of the molecule is CC1=NCC2(COC2)N1. The molecule has 1 N–H and O–H groups in total. The molecule has 2 aliphatic rings. The van der Waals surface area contributed by atoms with Crippen LogP contribution in [-0.4, -0.2) is 31.1 Å². The number of nitrogens with one attached hydrogen (secondary N) is 1. The van der Waals surface area contributed by atoms with Crippen LogP contribution in [-0.2, 0) is 4.74 Å². The van der Waals surface area contributed by atoms with Crippen molar-refractivity contribution in [3.05, 3.63) is 0 Å². The maximum absolute atomic E-state index is 5.07. The van der Waals surface area contributed by atoms with Crippen molar-refractivity contribution in [1.82, 2.24) is 5.32 Å². The van der Waals surface area contributed by atoms with Crippen molar-refractivity contribution in [1.29, 1.82) is 0 Å². The van der Waals surface area contributed by atoms with Crippen molar-refractivity contribution >= 4 is 5.84 Å². The van der Waals surface area contributed by atoms with E-state index < -0.39 is 0 Å². The predicted molar refractivity (Wildman–Crippen MR) is 34.7 cm³/mol. The molecule has 2 rings (SSSR count). The largest absolute Gasteiger partial charge is 0.376 e. The summed E-state index contributed by atoms with van der Waals surface area (Å²) in [6.45, 7) is 4.55. The molecule has 3 nitrogen and oxygen atoms in total. The first-order valence-corrected chi connectivity index (χ1v) is 3.18. The molecule has 0 aromatic carbocycles. The monoisotopic (exact) mass is 126 g/mol. The first-order chi connectivity index (χ1) is 4.31. The van der Waals surface area contributed by atoms with Crippen molar-refractivity contribution in [2.45, 2.75) is 12.5 Å². The lowest BCUT2D eigenvalue weighted by atomic mass is 9.99. The van der Waals surface area contributed by atoms with Crippen LogP contribution in [0.4, 0.5) is 0 Å². The molecule has 1 spiro atoms. The molecule has 0 saturated carbocycles. The van der Waals surface area contributed by atoms with Gasteiger partial charge in [-0.05, 0) is 6.92 Å². The molecule has 0 aromatic rings. The molecule has 0 aromatic heterocycles. The Morgan fingerprint density at radius 3 is 2.67 bits per heavy atom. The van der Waals surface area contributed by atoms with Crippen molar-refractivity contribution in [2.24, 2.45) is 4.99 Å². The Bertz CT molecular complexity index is 160. The topological polar surface area (TPSA) is 33.6 Å². The Morgan fingerprint density at radius 2 is 2.44 bits per heavy atom. The van der Waals surface area contributed by atoms with Crippen molar-refractivity contribution in [3.8, 4) is 0 Å². The van der Waals surface area contributed by atoms with Crippen LogP contribution < -0.4 is 5.32 Å². The van der Waals surface area contributed by atoms with Gasteiger partial charge >= 0.3 is 0 Å². The molecule has 0 unspecified atom stereocenters. The van der Waals surface area contributed by atoms with Gasteiger partial charge < -0.3 is 10.1 Å². The van der Waals surface area contributed by atoms with Crippen LogP contribution in [0.3, 0.4) is 0 Å². The Morgan fingerprint density at radius 1 is 1.67 bits per heavy atom. The highest BCUT2D eigenvalue weighted by molar-refractivity contribution is 5.82. The molecule has 0 amide bonds. The lowest BCUT2D eigenvalue weighted by Crippen LogP contribution is -2.60. The Kier molecular flexibility index (Phi) is 0.858. The second kappa shape index (κ2) is 1.48. The molecule has 50 valence electrons. The molecular formula is C6H10N2O. The zero-order valence-electron chi connectivity index (χ0n) is 5.48. The smallest absolute Gasteiger partial charge is 0.105 e. The van der Waals surface area contributed by atoms with Crippen LogP contribution in [0.2, 0.25) is 0 Å². The summed E-state index contributed by atoms with van der Waals surface area (Å²) < 4.78 is 5.07. The molecule has 0 aliphatic carbocycles. The predicted octanol–water partition coefficient (Wildman–Crippen LogP) is -0.223. The first-order valence-electron chi connectivity index (χ1n) is 3.18. The standard InChI is InChI=1S/C6H10N2O/c1-5-7-2-6(8-5)3-9-4-6/h2-4H2,1H3,(H,7,8). The van der Waals surface area contributed by atoms with Gasteiger partial charge in [-0.2, -0.15) is 0 Å². The highest BCUT2D eigenvalue weighted by atomic mass is 16.5. The highest BCUT2D eigenvalue weighted by Crippen LogP contribution is 2.20. The average Bonchev–Trinajstić information content (AvgIpc) is 2.09. The summed E-state index contributed by atoms with van der Waals surface area (Å²) in [4.78, 5) is 4.24. The quantitative estimate of drug-likeness (QED) is 0.486. The minimum atomic E-state index is 0.212. The maximum Gasteiger partial charge on any atom is 0.105 e. The minimum absolute atomic E-state index is 0.212. The maximum atomic E-state index is 5.07. The summed E-state index contributed by atoms with van der Waals surface area (Å²) in [6, 6.07) is 0. The summed E-state index contributed by atoms with van der Waals surface area (Å²) in [5.74, 6) is 1.05. The van der Waals surface area contributed by atoms with Gasteiger partial charge in [0.15, 0.2) is 0 Å². The number of amidine groups is 1. The van der Waals surface area contributed by atoms with Gasteiger partial charge in [0, 0.05) is 0 Å². The van der Waals surface area contributed by atoms with Gasteiger partial charge in [-0.1, -0.05) is 0 Å². The minimum Gasteiger partial charge on any atom is -0.376 e. The number of hydrogen-bond donors (Lipinski definition) is 1. The average molecular weight is 126 g/mol. The molecule has 2 aliphatic heterocycles. The summed E-state index contributed by atoms with van der Waals surface area (Å²) in [6.07, 6.45) is 0. The van der Waals surface area contributed by atoms with Crippen LogP contribution in [0.25, 0.3) is 0 Å². The van der Waals surface area contributed by atoms with E-state index in [0.29, 0.717) is 0 Å². The zero-order chi connectivity index (χ0) is 6.32. The van der Waals surface area contributed by atoms with E-state index in [4.69, 9.17) is 4.74 Å². The molecule has 3 heteroatoms. The van der Waals surface area contributed by atoms with E-state index in [2.05, 4.69) is 10.3 Å². The van der Waals surface area contributed by atoms with Crippen LogP contribution in [0, 0.1) is 0 Å². The molecule has 0 radical (unpaired) electrons. The van der Waals surface area contributed by atoms with E-state index in [1.165, 1.54) is 0 Å². The lowest BCUT2D eigenvalue weighted by molar-refractivity contribution is -0.0547. The Hall–Kier alpha value is -0.570. The first kappa shape index (κ1) is 5.23. The molecule has 0 atom stereocenters. The number of hydrogen-bond acceptors (Lipinski definition) is 3. The van der Waals surface area contributed by atoms with Gasteiger partial charge in [-0.3, -0.25) is 4.99 Å². The summed E-state index contributed by atoms with van der Waals surface area (Å²) in [5.41, 5.74) is 0.212. The third-order valence-corrected chi connectivity index (χ3v) is 1.82. The van der Waals surface area contributed by atoms with E-state index in [0.717, 1.165) is 25.6 Å². The van der Waals surface area contributed by atoms with Gasteiger partial charge in [0.1, 0.15) is 5.54 Å². The van der Waals surface area contributed by atoms with Crippen molar-refractivity contribution in [3.63, 3.8) is 0 Å². The molecule has 1 saturated heterocycles. The third kappa shape index (κ3) is 0.645. The van der Waals surface area contributed by atoms with Crippen molar-refractivity contribution < 1.29 is 4.74 Å². The van der Waals surface area contributed by atoms with Gasteiger partial charge in [0.25, 0.3) is 0 Å². The van der Waals surface area contributed by atoms with Crippen molar-refractivity contribution in [2.75, 3.05) is 19.8 Å². The second-order valence-corrected chi connectivity index (χ2v) is 2.80. The fourth-order valence-electron chi connectivity index (χ4n) is 1.24. The molecule has 0 bridgehead atoms. The molecular weight excluding hydrogens is 116 g/mol. The van der Waals surface area contributed by atoms with Crippen LogP contribution in [0.1, 0.15) is 6.92 Å². The van der Waals surface area contributed by atoms with Gasteiger partial charge in [0.05, 0.1) is 25.6 Å². The number of aliphatic imine (C=N–C) groups is 1. The zero-order valence-corrected chi connectivity index (χ0v) is 5.48. The van der Waals surface area contributed by atoms with E-state index >= 15 is 0 Å². The molecule has 1 fully saturated rings. The van der Waals surface area contributed by atoms with E-state index in [-0.39, 0.29) is 5.54 Å². The highest BCUT2D eigenvalue weighted by Gasteiger charge is 2.41. The molecule has 2 heterocycles. The summed E-state index contributed by atoms with van der Waals surface area (Å²) in [7, 11) is 0. The van der Waals surface area contributed by atoms with Gasteiger partial charge in [0.2, 0.25) is 0 Å². The third-order valence-electron chi connectivity index (χ3n) is 1.82. The molecule has 9 heavy (non-hydrogen) atoms. The normalized spacial score (nSPS) is 29.2. The summed E-state index contributed by atoms with van der Waals surface area (Å²) in [5, 5.41) is 3.29. The van der Waals surface area contributed by atoms with Crippen LogP contribution in [0.15, 0.2) is 4.99 Å². The number of nitrogens with zero attached hydrogens (tertiary/aromatic N) is 1.